The summed E-state index contributed by atoms with van der Waals surface area (Å²) in [5.74, 6) is -0.370. The first kappa shape index (κ1) is 31.1. The minimum Gasteiger partial charge on any atom is -0.487 e. The number of thiazole rings is 1. The highest BCUT2D eigenvalue weighted by Gasteiger charge is 2.35. The number of esters is 1. The van der Waals surface area contributed by atoms with Crippen LogP contribution in [-0.4, -0.2) is 17.1 Å². The number of fused-ring (bicyclic) bond motifs is 1. The van der Waals surface area contributed by atoms with E-state index in [1.165, 1.54) is 17.4 Å². The molecule has 0 unspecified atom stereocenters. The molecule has 2 heterocycles. The van der Waals surface area contributed by atoms with E-state index in [2.05, 4.69) is 38.5 Å². The molecule has 6 rings (SSSR count). The predicted octanol–water partition coefficient (Wildman–Crippen LogP) is 7.02. The lowest BCUT2D eigenvalue weighted by molar-refractivity contribution is -0.138. The summed E-state index contributed by atoms with van der Waals surface area (Å²) in [4.78, 5) is 33.2. The number of ether oxygens (including phenoxy) is 2. The zero-order valence-corrected chi connectivity index (χ0v) is 28.4. The molecule has 0 aliphatic carbocycles. The van der Waals surface area contributed by atoms with E-state index in [1.54, 1.807) is 35.8 Å². The fourth-order valence-electron chi connectivity index (χ4n) is 5.14. The number of carbonyl (C=O) groups is 1. The number of rotatable bonds is 8. The van der Waals surface area contributed by atoms with Crippen molar-refractivity contribution in [3.63, 3.8) is 0 Å². The van der Waals surface area contributed by atoms with Gasteiger partial charge in [0.2, 0.25) is 0 Å². The summed E-state index contributed by atoms with van der Waals surface area (Å²) in [5.41, 5.74) is 2.99. The Balaban J connectivity index is 1.56. The molecule has 0 amide bonds. The zero-order chi connectivity index (χ0) is 31.5. The Morgan fingerprint density at radius 1 is 1.04 bits per heavy atom. The first-order valence-corrected chi connectivity index (χ1v) is 16.7. The minimum absolute atomic E-state index is 0.0176. The maximum Gasteiger partial charge on any atom is 0.338 e. The maximum atomic E-state index is 14.4. The normalized spacial score (nSPS) is 14.6. The van der Waals surface area contributed by atoms with Crippen LogP contribution < -0.4 is 19.6 Å². The van der Waals surface area contributed by atoms with Crippen molar-refractivity contribution in [1.82, 2.24) is 4.57 Å². The SMILES string of the molecule is CCOC(=O)C1=C(c2ccccc2)N=c2s/c(=C\c3cc(Br)cc(I)c3OCc3ccccc3F)c(=O)n2[C@@H]1c1ccccc1. The van der Waals surface area contributed by atoms with Gasteiger partial charge in [0.05, 0.1) is 32.0 Å². The molecule has 4 aromatic carbocycles. The average Bonchev–Trinajstić information content (AvgIpc) is 3.35. The maximum absolute atomic E-state index is 14.4. The van der Waals surface area contributed by atoms with Gasteiger partial charge in [0.15, 0.2) is 4.80 Å². The zero-order valence-electron chi connectivity index (χ0n) is 23.9. The summed E-state index contributed by atoms with van der Waals surface area (Å²) in [6.45, 7) is 1.94. The van der Waals surface area contributed by atoms with Gasteiger partial charge in [-0.2, -0.15) is 0 Å². The van der Waals surface area contributed by atoms with Crippen LogP contribution >= 0.6 is 49.9 Å². The number of hydrogen-bond donors (Lipinski definition) is 0. The van der Waals surface area contributed by atoms with E-state index in [1.807, 2.05) is 72.8 Å². The van der Waals surface area contributed by atoms with Crippen LogP contribution in [0.25, 0.3) is 11.8 Å². The van der Waals surface area contributed by atoms with Crippen LogP contribution in [0.15, 0.2) is 117 Å². The fourth-order valence-corrected chi connectivity index (χ4v) is 7.84. The van der Waals surface area contributed by atoms with E-state index in [0.29, 0.717) is 37.5 Å². The van der Waals surface area contributed by atoms with Gasteiger partial charge in [-0.05, 0) is 59.4 Å². The Morgan fingerprint density at radius 3 is 2.44 bits per heavy atom. The Morgan fingerprint density at radius 2 is 1.73 bits per heavy atom. The lowest BCUT2D eigenvalue weighted by Gasteiger charge is -2.25. The molecule has 0 saturated carbocycles. The van der Waals surface area contributed by atoms with Gasteiger partial charge in [-0.15, -0.1) is 0 Å². The minimum atomic E-state index is -0.765. The van der Waals surface area contributed by atoms with E-state index < -0.39 is 12.0 Å². The van der Waals surface area contributed by atoms with Crippen molar-refractivity contribution >= 4 is 67.6 Å². The van der Waals surface area contributed by atoms with E-state index in [9.17, 15) is 14.0 Å². The molecule has 1 aromatic heterocycles. The molecule has 5 aromatic rings. The third-order valence-electron chi connectivity index (χ3n) is 7.14. The second kappa shape index (κ2) is 13.6. The third-order valence-corrected chi connectivity index (χ3v) is 9.38. The molecule has 1 aliphatic rings. The topological polar surface area (TPSA) is 69.9 Å². The Kier molecular flexibility index (Phi) is 9.43. The first-order valence-electron chi connectivity index (χ1n) is 14.0. The molecule has 0 saturated heterocycles. The van der Waals surface area contributed by atoms with Crippen LogP contribution in [0.2, 0.25) is 0 Å². The highest BCUT2D eigenvalue weighted by Crippen LogP contribution is 2.35. The monoisotopic (exact) mass is 794 g/mol. The number of nitrogens with zero attached hydrogens (tertiary/aromatic N) is 2. The Labute approximate surface area is 284 Å². The van der Waals surface area contributed by atoms with E-state index in [-0.39, 0.29) is 24.6 Å². The summed E-state index contributed by atoms with van der Waals surface area (Å²) in [6.07, 6.45) is 1.76. The second-order valence-electron chi connectivity index (χ2n) is 10.0. The quantitative estimate of drug-likeness (QED) is 0.125. The van der Waals surface area contributed by atoms with Crippen LogP contribution in [0.4, 0.5) is 4.39 Å². The molecule has 226 valence electrons. The van der Waals surface area contributed by atoms with E-state index in [0.717, 1.165) is 19.2 Å². The van der Waals surface area contributed by atoms with Crippen LogP contribution in [0.5, 0.6) is 5.75 Å². The summed E-state index contributed by atoms with van der Waals surface area (Å²) in [7, 11) is 0. The molecule has 0 bridgehead atoms. The summed E-state index contributed by atoms with van der Waals surface area (Å²) in [5, 5.41) is 0. The summed E-state index contributed by atoms with van der Waals surface area (Å²) < 4.78 is 29.6. The molecule has 1 aliphatic heterocycles. The van der Waals surface area contributed by atoms with Gasteiger partial charge in [-0.25, -0.2) is 14.2 Å². The smallest absolute Gasteiger partial charge is 0.338 e. The number of hydrogen-bond acceptors (Lipinski definition) is 6. The summed E-state index contributed by atoms with van der Waals surface area (Å²) >= 11 is 6.95. The van der Waals surface area contributed by atoms with Crippen molar-refractivity contribution in [2.24, 2.45) is 4.99 Å². The number of carbonyl (C=O) groups excluding carboxylic acids is 1. The van der Waals surface area contributed by atoms with E-state index >= 15 is 0 Å². The largest absolute Gasteiger partial charge is 0.487 e. The standard InChI is InChI=1S/C35H25BrFIN2O4S/c1-2-43-34(42)29-30(21-11-5-3-6-12-21)39-35-40(31(29)22-13-7-4-8-14-22)33(41)28(45-35)18-24-17-25(36)19-27(38)32(24)44-20-23-15-9-10-16-26(23)37/h3-19,31H,2,20H2,1H3/b28-18-/t31-/m1/s1. The molecule has 0 spiro atoms. The van der Waals surface area contributed by atoms with E-state index in [4.69, 9.17) is 14.5 Å². The van der Waals surface area contributed by atoms with Crippen molar-refractivity contribution in [3.05, 3.63) is 158 Å². The van der Waals surface area contributed by atoms with Crippen LogP contribution in [0, 0.1) is 9.39 Å². The van der Waals surface area contributed by atoms with Gasteiger partial charge in [0.25, 0.3) is 5.56 Å². The lowest BCUT2D eigenvalue weighted by Crippen LogP contribution is -2.40. The number of aromatic nitrogens is 1. The molecular weight excluding hydrogens is 770 g/mol. The van der Waals surface area contributed by atoms with Crippen molar-refractivity contribution in [2.45, 2.75) is 19.6 Å². The van der Waals surface area contributed by atoms with Gasteiger partial charge in [-0.1, -0.05) is 106 Å². The van der Waals surface area contributed by atoms with Crippen molar-refractivity contribution < 1.29 is 18.7 Å². The van der Waals surface area contributed by atoms with Crippen molar-refractivity contribution in [1.29, 1.82) is 0 Å². The lowest BCUT2D eigenvalue weighted by atomic mass is 9.93. The molecule has 10 heteroatoms. The number of benzene rings is 4. The molecule has 0 fully saturated rings. The Hall–Kier alpha value is -3.87. The molecule has 45 heavy (non-hydrogen) atoms. The van der Waals surface area contributed by atoms with Crippen LogP contribution in [-0.2, 0) is 16.1 Å². The highest BCUT2D eigenvalue weighted by molar-refractivity contribution is 14.1. The van der Waals surface area contributed by atoms with Crippen molar-refractivity contribution in [2.75, 3.05) is 6.61 Å². The predicted molar refractivity (Wildman–Crippen MR) is 185 cm³/mol. The molecule has 0 radical (unpaired) electrons. The Bertz CT molecular complexity index is 2110. The molecule has 0 N–H and O–H groups in total. The molecule has 6 nitrogen and oxygen atoms in total. The van der Waals surface area contributed by atoms with Gasteiger partial charge < -0.3 is 9.47 Å². The average molecular weight is 795 g/mol. The van der Waals surface area contributed by atoms with Gasteiger partial charge in [0, 0.05) is 21.2 Å². The highest BCUT2D eigenvalue weighted by atomic mass is 127. The van der Waals surface area contributed by atoms with Gasteiger partial charge >= 0.3 is 5.97 Å². The molecule has 1 atom stereocenters. The second-order valence-corrected chi connectivity index (χ2v) is 13.1. The van der Waals surface area contributed by atoms with Crippen molar-refractivity contribution in [3.8, 4) is 5.75 Å². The van der Waals surface area contributed by atoms with Gasteiger partial charge in [-0.3, -0.25) is 9.36 Å². The summed E-state index contributed by atoms with van der Waals surface area (Å²) in [6, 6.07) is 28.3. The fraction of sp³-hybridized carbons (Fsp3) is 0.114. The number of halogens is 3. The van der Waals surface area contributed by atoms with Gasteiger partial charge in [0.1, 0.15) is 18.2 Å². The van der Waals surface area contributed by atoms with Crippen LogP contribution in [0.3, 0.4) is 0 Å². The molecular formula is C35H25BrFIN2O4S. The van der Waals surface area contributed by atoms with Crippen LogP contribution in [0.1, 0.15) is 35.2 Å². The third kappa shape index (κ3) is 6.45. The first-order chi connectivity index (χ1) is 21.9.